The molecule has 1 amide bonds. The number of nitrogens with zero attached hydrogens (tertiary/aromatic N) is 4. The van der Waals surface area contributed by atoms with Gasteiger partial charge in [0.15, 0.2) is 5.13 Å². The predicted octanol–water partition coefficient (Wildman–Crippen LogP) is 5.06. The van der Waals surface area contributed by atoms with Crippen LogP contribution in [0.15, 0.2) is 71.9 Å². The second kappa shape index (κ2) is 9.19. The maximum Gasteiger partial charge on any atom is 0.270 e. The lowest BCUT2D eigenvalue weighted by atomic mass is 10.2. The van der Waals surface area contributed by atoms with E-state index in [2.05, 4.69) is 9.97 Å². The molecule has 2 aromatic heterocycles. The Kier molecular flexibility index (Phi) is 6.19. The summed E-state index contributed by atoms with van der Waals surface area (Å²) < 4.78 is 13.7. The van der Waals surface area contributed by atoms with Gasteiger partial charge in [-0.3, -0.25) is 24.8 Å². The molecule has 0 saturated heterocycles. The van der Waals surface area contributed by atoms with Crippen LogP contribution < -0.4 is 4.90 Å². The predicted molar refractivity (Wildman–Crippen MR) is 119 cm³/mol. The Morgan fingerprint density at radius 2 is 2.00 bits per heavy atom. The van der Waals surface area contributed by atoms with Crippen LogP contribution in [0.4, 0.5) is 15.2 Å². The van der Waals surface area contributed by atoms with E-state index in [1.807, 2.05) is 6.07 Å². The third kappa shape index (κ3) is 5.04. The van der Waals surface area contributed by atoms with Crippen molar-refractivity contribution in [2.75, 3.05) is 10.7 Å². The van der Waals surface area contributed by atoms with E-state index in [-0.39, 0.29) is 29.7 Å². The van der Waals surface area contributed by atoms with Crippen molar-refractivity contribution in [3.8, 4) is 0 Å². The zero-order valence-electron chi connectivity index (χ0n) is 16.0. The van der Waals surface area contributed by atoms with E-state index in [1.165, 1.54) is 47.4 Å². The van der Waals surface area contributed by atoms with Gasteiger partial charge in [-0.15, -0.1) is 11.8 Å². The summed E-state index contributed by atoms with van der Waals surface area (Å²) in [5.41, 5.74) is 1.38. The molecule has 0 aliphatic carbocycles. The number of nitro groups is 1. The van der Waals surface area contributed by atoms with Gasteiger partial charge < -0.3 is 0 Å². The molecule has 0 N–H and O–H groups in total. The van der Waals surface area contributed by atoms with Gasteiger partial charge in [0.05, 0.1) is 27.4 Å². The van der Waals surface area contributed by atoms with Crippen LogP contribution in [-0.4, -0.2) is 26.6 Å². The summed E-state index contributed by atoms with van der Waals surface area (Å²) >= 11 is 2.52. The molecule has 0 saturated carbocycles. The fourth-order valence-corrected chi connectivity index (χ4v) is 4.61. The highest BCUT2D eigenvalue weighted by Crippen LogP contribution is 2.33. The van der Waals surface area contributed by atoms with Crippen LogP contribution >= 0.6 is 23.1 Å². The minimum absolute atomic E-state index is 0.0281. The number of amides is 1. The number of fused-ring (bicyclic) bond motifs is 1. The molecule has 0 aliphatic rings. The fourth-order valence-electron chi connectivity index (χ4n) is 2.82. The number of thioether (sulfide) groups is 1. The maximum absolute atomic E-state index is 13.1. The number of hydrogen-bond acceptors (Lipinski definition) is 7. The molecular formula is C21H15FN4O3S2. The average molecular weight is 455 g/mol. The first kappa shape index (κ1) is 20.9. The van der Waals surface area contributed by atoms with Crippen LogP contribution in [0.3, 0.4) is 0 Å². The number of carbonyl (C=O) groups excluding carboxylic acids is 1. The third-order valence-electron chi connectivity index (χ3n) is 4.34. The molecule has 2 heterocycles. The Bertz CT molecular complexity index is 1230. The maximum atomic E-state index is 13.1. The molecule has 4 rings (SSSR count). The van der Waals surface area contributed by atoms with Crippen LogP contribution in [0.5, 0.6) is 0 Å². The number of pyridine rings is 1. The van der Waals surface area contributed by atoms with E-state index in [0.717, 1.165) is 10.5 Å². The lowest BCUT2D eigenvalue weighted by Crippen LogP contribution is -2.31. The number of benzene rings is 2. The molecule has 2 aromatic carbocycles. The van der Waals surface area contributed by atoms with Crippen molar-refractivity contribution in [1.29, 1.82) is 0 Å². The number of carbonyl (C=O) groups is 1. The number of thiazole rings is 1. The molecule has 0 unspecified atom stereocenters. The summed E-state index contributed by atoms with van der Waals surface area (Å²) in [5, 5.41) is 11.5. The van der Waals surface area contributed by atoms with Gasteiger partial charge >= 0.3 is 0 Å². The number of rotatable bonds is 7. The Hall–Kier alpha value is -3.37. The van der Waals surface area contributed by atoms with Crippen LogP contribution in [0.25, 0.3) is 10.2 Å². The molecule has 7 nitrogen and oxygen atoms in total. The number of anilines is 1. The Morgan fingerprint density at radius 1 is 1.19 bits per heavy atom. The van der Waals surface area contributed by atoms with Crippen molar-refractivity contribution >= 4 is 50.0 Å². The topological polar surface area (TPSA) is 89.2 Å². The zero-order chi connectivity index (χ0) is 21.8. The Balaban J connectivity index is 1.61. The van der Waals surface area contributed by atoms with Gasteiger partial charge in [-0.2, -0.15) is 0 Å². The van der Waals surface area contributed by atoms with E-state index < -0.39 is 4.92 Å². The second-order valence-corrected chi connectivity index (χ2v) is 8.55. The van der Waals surface area contributed by atoms with Crippen LogP contribution in [0.2, 0.25) is 0 Å². The number of nitro benzene ring substituents is 1. The van der Waals surface area contributed by atoms with Crippen LogP contribution in [0.1, 0.15) is 5.56 Å². The van der Waals surface area contributed by atoms with E-state index in [1.54, 1.807) is 41.6 Å². The zero-order valence-corrected chi connectivity index (χ0v) is 17.6. The number of hydrogen-bond donors (Lipinski definition) is 0. The quantitative estimate of drug-likeness (QED) is 0.220. The molecule has 0 bridgehead atoms. The number of halogens is 1. The van der Waals surface area contributed by atoms with Gasteiger partial charge in [-0.1, -0.05) is 17.4 Å². The lowest BCUT2D eigenvalue weighted by molar-refractivity contribution is -0.384. The molecule has 0 aliphatic heterocycles. The third-order valence-corrected chi connectivity index (χ3v) is 6.38. The molecular weight excluding hydrogens is 439 g/mol. The first-order chi connectivity index (χ1) is 15.0. The summed E-state index contributed by atoms with van der Waals surface area (Å²) in [5.74, 6) is -0.397. The molecule has 0 radical (unpaired) electrons. The number of aromatic nitrogens is 2. The second-order valence-electron chi connectivity index (χ2n) is 6.49. The van der Waals surface area contributed by atoms with Crippen molar-refractivity contribution < 1.29 is 14.1 Å². The first-order valence-electron chi connectivity index (χ1n) is 9.12. The highest BCUT2D eigenvalue weighted by atomic mass is 32.2. The molecule has 0 fully saturated rings. The van der Waals surface area contributed by atoms with E-state index in [0.29, 0.717) is 15.3 Å². The van der Waals surface area contributed by atoms with E-state index >= 15 is 0 Å². The van der Waals surface area contributed by atoms with Gasteiger partial charge in [-0.25, -0.2) is 9.37 Å². The minimum atomic E-state index is -0.462. The minimum Gasteiger partial charge on any atom is -0.283 e. The summed E-state index contributed by atoms with van der Waals surface area (Å²) in [6.07, 6.45) is 3.32. The fraction of sp³-hybridized carbons (Fsp3) is 0.0952. The van der Waals surface area contributed by atoms with Crippen molar-refractivity contribution in [3.05, 3.63) is 88.5 Å². The summed E-state index contributed by atoms with van der Waals surface area (Å²) in [4.78, 5) is 34.6. The van der Waals surface area contributed by atoms with Gasteiger partial charge in [-0.05, 0) is 42.0 Å². The van der Waals surface area contributed by atoms with Crippen molar-refractivity contribution in [3.63, 3.8) is 0 Å². The highest BCUT2D eigenvalue weighted by Gasteiger charge is 2.21. The molecule has 0 atom stereocenters. The average Bonchev–Trinajstić information content (AvgIpc) is 3.20. The Morgan fingerprint density at radius 3 is 2.71 bits per heavy atom. The monoisotopic (exact) mass is 454 g/mol. The molecule has 10 heteroatoms. The molecule has 156 valence electrons. The summed E-state index contributed by atoms with van der Waals surface area (Å²) in [7, 11) is 0. The summed E-state index contributed by atoms with van der Waals surface area (Å²) in [6, 6.07) is 14.0. The van der Waals surface area contributed by atoms with E-state index in [9.17, 15) is 19.3 Å². The smallest absolute Gasteiger partial charge is 0.270 e. The van der Waals surface area contributed by atoms with Crippen molar-refractivity contribution in [2.45, 2.75) is 11.4 Å². The number of non-ortho nitro benzene ring substituents is 1. The normalized spacial score (nSPS) is 10.9. The van der Waals surface area contributed by atoms with Crippen molar-refractivity contribution in [2.24, 2.45) is 0 Å². The SMILES string of the molecule is O=C(CSc1ccc(F)cc1)N(Cc1cccnc1)c1nc2ccc([N+](=O)[O-])cc2s1. The first-order valence-corrected chi connectivity index (χ1v) is 10.9. The molecule has 0 spiro atoms. The Labute approximate surface area is 184 Å². The van der Waals surface area contributed by atoms with Gasteiger partial charge in [0.1, 0.15) is 5.82 Å². The van der Waals surface area contributed by atoms with Gasteiger partial charge in [0, 0.05) is 29.4 Å². The van der Waals surface area contributed by atoms with Crippen molar-refractivity contribution in [1.82, 2.24) is 9.97 Å². The molecule has 4 aromatic rings. The van der Waals surface area contributed by atoms with Crippen LogP contribution in [-0.2, 0) is 11.3 Å². The molecule has 31 heavy (non-hydrogen) atoms. The standard InChI is InChI=1S/C21H15FN4O3S2/c22-15-3-6-17(7-4-15)30-13-20(27)25(12-14-2-1-9-23-11-14)21-24-18-8-5-16(26(28)29)10-19(18)31-21/h1-11H,12-13H2. The summed E-state index contributed by atoms with van der Waals surface area (Å²) in [6.45, 7) is 0.262. The van der Waals surface area contributed by atoms with Gasteiger partial charge in [0.25, 0.3) is 5.69 Å². The lowest BCUT2D eigenvalue weighted by Gasteiger charge is -2.19. The largest absolute Gasteiger partial charge is 0.283 e. The van der Waals surface area contributed by atoms with Gasteiger partial charge in [0.2, 0.25) is 5.91 Å². The van der Waals surface area contributed by atoms with E-state index in [4.69, 9.17) is 0 Å². The highest BCUT2D eigenvalue weighted by molar-refractivity contribution is 8.00. The van der Waals surface area contributed by atoms with Crippen LogP contribution in [0, 0.1) is 15.9 Å².